The van der Waals surface area contributed by atoms with Crippen LogP contribution in [0.4, 0.5) is 8.78 Å². The Morgan fingerprint density at radius 2 is 2.21 bits per heavy atom. The number of hydrogen-bond acceptors (Lipinski definition) is 5. The maximum absolute atomic E-state index is 13.9. The Balaban J connectivity index is 2.47. The topological polar surface area (TPSA) is 105 Å². The predicted octanol–water partition coefficient (Wildman–Crippen LogP) is -1.35. The molecule has 4 atom stereocenters. The Morgan fingerprint density at radius 1 is 1.58 bits per heavy atom. The molecule has 1 fully saturated rings. The molecular weight excluding hydrogens is 266 g/mol. The summed E-state index contributed by atoms with van der Waals surface area (Å²) in [6.45, 7) is 0.559. The zero-order valence-electron chi connectivity index (χ0n) is 9.84. The average molecular weight is 278 g/mol. The number of aliphatic hydroxyl groups excluding tert-OH is 2. The van der Waals surface area contributed by atoms with E-state index < -0.39 is 47.8 Å². The van der Waals surface area contributed by atoms with Crippen molar-refractivity contribution >= 4 is 0 Å². The minimum Gasteiger partial charge on any atom is -0.393 e. The zero-order valence-corrected chi connectivity index (χ0v) is 9.84. The van der Waals surface area contributed by atoms with Crippen molar-refractivity contribution in [3.8, 4) is 0 Å². The van der Waals surface area contributed by atoms with Gasteiger partial charge in [-0.15, -0.1) is 0 Å². The van der Waals surface area contributed by atoms with E-state index in [0.29, 0.717) is 10.8 Å². The number of nitrogens with one attached hydrogen (secondary N) is 1. The molecule has 0 unspecified atom stereocenters. The van der Waals surface area contributed by atoms with Crippen molar-refractivity contribution in [2.24, 2.45) is 0 Å². The SMILES string of the molecule is C[C@]1(CO)O[C@@H](n2cc(F)c(=O)[nH]c2=O)[C@H](F)[C@@H]1O. The van der Waals surface area contributed by atoms with E-state index >= 15 is 0 Å². The van der Waals surface area contributed by atoms with Crippen molar-refractivity contribution < 1.29 is 23.7 Å². The van der Waals surface area contributed by atoms with E-state index in [9.17, 15) is 23.5 Å². The van der Waals surface area contributed by atoms with Gasteiger partial charge in [0, 0.05) is 0 Å². The number of rotatable bonds is 2. The van der Waals surface area contributed by atoms with Crippen LogP contribution >= 0.6 is 0 Å². The highest BCUT2D eigenvalue weighted by molar-refractivity contribution is 5.00. The van der Waals surface area contributed by atoms with E-state index in [4.69, 9.17) is 9.84 Å². The van der Waals surface area contributed by atoms with Crippen LogP contribution in [0.5, 0.6) is 0 Å². The fraction of sp³-hybridized carbons (Fsp3) is 0.600. The van der Waals surface area contributed by atoms with Gasteiger partial charge in [-0.25, -0.2) is 9.18 Å². The van der Waals surface area contributed by atoms with Crippen LogP contribution in [0.3, 0.4) is 0 Å². The molecule has 3 N–H and O–H groups in total. The summed E-state index contributed by atoms with van der Waals surface area (Å²) in [5, 5.41) is 18.7. The number of hydrogen-bond donors (Lipinski definition) is 3. The molecule has 0 bridgehead atoms. The Labute approximate surface area is 105 Å². The average Bonchev–Trinajstić information content (AvgIpc) is 2.59. The maximum Gasteiger partial charge on any atom is 0.330 e. The predicted molar refractivity (Wildman–Crippen MR) is 57.8 cm³/mol. The van der Waals surface area contributed by atoms with Gasteiger partial charge in [0.15, 0.2) is 12.4 Å². The van der Waals surface area contributed by atoms with Gasteiger partial charge in [-0.05, 0) is 6.92 Å². The molecule has 0 saturated carbocycles. The van der Waals surface area contributed by atoms with Crippen LogP contribution < -0.4 is 11.2 Å². The van der Waals surface area contributed by atoms with Crippen LogP contribution in [0, 0.1) is 5.82 Å². The molecule has 1 aromatic heterocycles. The van der Waals surface area contributed by atoms with Gasteiger partial charge in [0.1, 0.15) is 11.7 Å². The lowest BCUT2D eigenvalue weighted by Gasteiger charge is -2.24. The highest BCUT2D eigenvalue weighted by Gasteiger charge is 2.53. The molecular formula is C10H12F2N2O5. The van der Waals surface area contributed by atoms with Gasteiger partial charge >= 0.3 is 5.69 Å². The number of nitrogens with zero attached hydrogens (tertiary/aromatic N) is 1. The van der Waals surface area contributed by atoms with E-state index in [1.165, 1.54) is 6.92 Å². The van der Waals surface area contributed by atoms with Crippen molar-refractivity contribution in [3.05, 3.63) is 32.9 Å². The molecule has 0 radical (unpaired) electrons. The van der Waals surface area contributed by atoms with E-state index in [1.807, 2.05) is 0 Å². The summed E-state index contributed by atoms with van der Waals surface area (Å²) in [6.07, 6.45) is -4.88. The Bertz CT molecular complexity index is 600. The van der Waals surface area contributed by atoms with E-state index in [-0.39, 0.29) is 0 Å². The third-order valence-electron chi connectivity index (χ3n) is 3.10. The molecule has 7 nitrogen and oxygen atoms in total. The molecule has 9 heteroatoms. The molecule has 106 valence electrons. The minimum atomic E-state index is -2.06. The summed E-state index contributed by atoms with van der Waals surface area (Å²) in [6, 6.07) is 0. The molecule has 2 heterocycles. The first-order chi connectivity index (χ1) is 8.80. The highest BCUT2D eigenvalue weighted by Crippen LogP contribution is 2.37. The molecule has 2 rings (SSSR count). The molecule has 0 spiro atoms. The molecule has 0 amide bonds. The number of ether oxygens (including phenoxy) is 1. The first-order valence-corrected chi connectivity index (χ1v) is 5.42. The van der Waals surface area contributed by atoms with Crippen molar-refractivity contribution in [2.75, 3.05) is 6.61 Å². The van der Waals surface area contributed by atoms with Crippen LogP contribution in [-0.4, -0.2) is 44.2 Å². The molecule has 1 aliphatic heterocycles. The van der Waals surface area contributed by atoms with E-state index in [2.05, 4.69) is 0 Å². The third kappa shape index (κ3) is 2.09. The van der Waals surface area contributed by atoms with Gasteiger partial charge in [0.25, 0.3) is 5.56 Å². The van der Waals surface area contributed by atoms with Crippen molar-refractivity contribution in [1.82, 2.24) is 9.55 Å². The molecule has 1 saturated heterocycles. The van der Waals surface area contributed by atoms with Gasteiger partial charge in [0.05, 0.1) is 12.8 Å². The second kappa shape index (κ2) is 4.51. The first-order valence-electron chi connectivity index (χ1n) is 5.42. The fourth-order valence-electron chi connectivity index (χ4n) is 1.89. The Kier molecular flexibility index (Phi) is 3.29. The third-order valence-corrected chi connectivity index (χ3v) is 3.10. The summed E-state index contributed by atoms with van der Waals surface area (Å²) in [5.74, 6) is -1.29. The van der Waals surface area contributed by atoms with Gasteiger partial charge in [-0.1, -0.05) is 0 Å². The van der Waals surface area contributed by atoms with Crippen LogP contribution in [0.25, 0.3) is 0 Å². The Morgan fingerprint density at radius 3 is 2.74 bits per heavy atom. The highest BCUT2D eigenvalue weighted by atomic mass is 19.1. The fourth-order valence-corrected chi connectivity index (χ4v) is 1.89. The lowest BCUT2D eigenvalue weighted by atomic mass is 9.99. The number of alkyl halides is 1. The summed E-state index contributed by atoms with van der Waals surface area (Å²) in [4.78, 5) is 24.0. The maximum atomic E-state index is 13.9. The molecule has 1 aliphatic rings. The smallest absolute Gasteiger partial charge is 0.330 e. The molecule has 0 aliphatic carbocycles. The van der Waals surface area contributed by atoms with Crippen LogP contribution in [-0.2, 0) is 4.74 Å². The largest absolute Gasteiger partial charge is 0.393 e. The van der Waals surface area contributed by atoms with Crippen LogP contribution in [0.2, 0.25) is 0 Å². The van der Waals surface area contributed by atoms with Crippen molar-refractivity contribution in [2.45, 2.75) is 31.0 Å². The Hall–Kier alpha value is -1.58. The summed E-state index contributed by atoms with van der Waals surface area (Å²) in [7, 11) is 0. The monoisotopic (exact) mass is 278 g/mol. The second-order valence-corrected chi connectivity index (χ2v) is 4.51. The summed E-state index contributed by atoms with van der Waals surface area (Å²) >= 11 is 0. The summed E-state index contributed by atoms with van der Waals surface area (Å²) in [5.41, 5.74) is -3.93. The van der Waals surface area contributed by atoms with Crippen molar-refractivity contribution in [3.63, 3.8) is 0 Å². The number of aromatic nitrogens is 2. The second-order valence-electron chi connectivity index (χ2n) is 4.51. The normalized spacial score (nSPS) is 34.7. The van der Waals surface area contributed by atoms with E-state index in [0.717, 1.165) is 0 Å². The first kappa shape index (κ1) is 13.8. The minimum absolute atomic E-state index is 0.492. The zero-order chi connectivity index (χ0) is 14.4. The lowest BCUT2D eigenvalue weighted by molar-refractivity contribution is -0.117. The van der Waals surface area contributed by atoms with Crippen LogP contribution in [0.15, 0.2) is 15.8 Å². The number of aromatic amines is 1. The quantitative estimate of drug-likeness (QED) is 0.620. The molecule has 19 heavy (non-hydrogen) atoms. The van der Waals surface area contributed by atoms with Crippen molar-refractivity contribution in [1.29, 1.82) is 0 Å². The van der Waals surface area contributed by atoms with Gasteiger partial charge < -0.3 is 14.9 Å². The summed E-state index contributed by atoms with van der Waals surface area (Å²) < 4.78 is 32.6. The number of halogens is 2. The number of H-pyrrole nitrogens is 1. The molecule has 0 aromatic carbocycles. The van der Waals surface area contributed by atoms with Crippen LogP contribution in [0.1, 0.15) is 13.2 Å². The van der Waals surface area contributed by atoms with Gasteiger partial charge in [-0.2, -0.15) is 4.39 Å². The lowest BCUT2D eigenvalue weighted by Crippen LogP contribution is -2.42. The molecule has 1 aromatic rings. The van der Waals surface area contributed by atoms with E-state index in [1.54, 1.807) is 4.98 Å². The standard InChI is InChI=1S/C10H12F2N2O5/c1-10(3-15)6(16)5(12)8(19-10)14-2-4(11)7(17)13-9(14)18/h2,5-6,8,15-16H,3H2,1H3,(H,13,17,18)/t5-,6+,8-,10-/m1/s1. The van der Waals surface area contributed by atoms with Gasteiger partial charge in [0.2, 0.25) is 5.82 Å². The number of aliphatic hydroxyl groups is 2. The van der Waals surface area contributed by atoms with Gasteiger partial charge in [-0.3, -0.25) is 14.3 Å².